The zero-order valence-electron chi connectivity index (χ0n) is 9.06. The van der Waals surface area contributed by atoms with Crippen molar-refractivity contribution in [3.05, 3.63) is 48.0 Å². The molecule has 0 atom stereocenters. The Hall–Kier alpha value is -0.0300. The summed E-state index contributed by atoms with van der Waals surface area (Å²) in [5.74, 6) is 0. The van der Waals surface area contributed by atoms with E-state index in [0.29, 0.717) is 0 Å². The van der Waals surface area contributed by atoms with Crippen molar-refractivity contribution >= 4 is 60.5 Å². The molecule has 0 bridgehead atoms. The molecule has 1 aromatic heterocycles. The van der Waals surface area contributed by atoms with Gasteiger partial charge in [-0.2, -0.15) is 0 Å². The minimum absolute atomic E-state index is 0.789. The van der Waals surface area contributed by atoms with Gasteiger partial charge in [-0.05, 0) is 52.7 Å². The van der Waals surface area contributed by atoms with Crippen LogP contribution < -0.4 is 5.32 Å². The number of halogens is 3. The fourth-order valence-electron chi connectivity index (χ4n) is 1.42. The summed E-state index contributed by atoms with van der Waals surface area (Å²) in [6, 6.07) is 8.27. The third kappa shape index (κ3) is 3.47. The third-order valence-electron chi connectivity index (χ3n) is 2.32. The standard InChI is InChI=1S/C12H10Br2ClNS/c1-7-4-8(2-3-10(7)13)16-6-9-5-11(14)12(15)17-9/h2-5,16H,6H2,1H3. The molecule has 17 heavy (non-hydrogen) atoms. The molecule has 0 fully saturated rings. The summed E-state index contributed by atoms with van der Waals surface area (Å²) in [5, 5.41) is 3.38. The highest BCUT2D eigenvalue weighted by atomic mass is 79.9. The fourth-order valence-corrected chi connectivity index (χ4v) is 3.40. The molecular weight excluding hydrogens is 385 g/mol. The summed E-state index contributed by atoms with van der Waals surface area (Å²) in [6.45, 7) is 2.87. The van der Waals surface area contributed by atoms with E-state index in [0.717, 1.165) is 25.5 Å². The van der Waals surface area contributed by atoms with Crippen molar-refractivity contribution in [2.45, 2.75) is 13.5 Å². The average molecular weight is 396 g/mol. The van der Waals surface area contributed by atoms with Gasteiger partial charge in [0.05, 0.1) is 0 Å². The molecule has 0 saturated heterocycles. The van der Waals surface area contributed by atoms with Crippen LogP contribution in [0.4, 0.5) is 5.69 Å². The number of benzene rings is 1. The lowest BCUT2D eigenvalue weighted by Gasteiger charge is -2.06. The number of aryl methyl sites for hydroxylation is 1. The minimum atomic E-state index is 0.789. The minimum Gasteiger partial charge on any atom is -0.380 e. The molecule has 1 aromatic carbocycles. The largest absolute Gasteiger partial charge is 0.380 e. The zero-order valence-corrected chi connectivity index (χ0v) is 13.8. The lowest BCUT2D eigenvalue weighted by atomic mass is 10.2. The molecular formula is C12H10Br2ClNS. The number of hydrogen-bond donors (Lipinski definition) is 1. The molecule has 0 radical (unpaired) electrons. The van der Waals surface area contributed by atoms with Gasteiger partial charge in [0.15, 0.2) is 0 Å². The van der Waals surface area contributed by atoms with Gasteiger partial charge in [0.2, 0.25) is 0 Å². The van der Waals surface area contributed by atoms with Crippen LogP contribution in [0.5, 0.6) is 0 Å². The van der Waals surface area contributed by atoms with Gasteiger partial charge in [0.1, 0.15) is 4.34 Å². The smallest absolute Gasteiger partial charge is 0.107 e. The summed E-state index contributed by atoms with van der Waals surface area (Å²) >= 11 is 14.5. The van der Waals surface area contributed by atoms with Crippen LogP contribution in [-0.2, 0) is 6.54 Å². The van der Waals surface area contributed by atoms with Crippen molar-refractivity contribution in [2.24, 2.45) is 0 Å². The molecule has 2 aromatic rings. The van der Waals surface area contributed by atoms with Crippen LogP contribution >= 0.6 is 54.8 Å². The van der Waals surface area contributed by atoms with Crippen molar-refractivity contribution in [3.8, 4) is 0 Å². The Kier molecular flexibility index (Phi) is 4.53. The van der Waals surface area contributed by atoms with Crippen molar-refractivity contribution in [2.75, 3.05) is 5.32 Å². The van der Waals surface area contributed by atoms with Crippen LogP contribution in [-0.4, -0.2) is 0 Å². The molecule has 1 N–H and O–H groups in total. The Morgan fingerprint density at radius 3 is 2.59 bits per heavy atom. The van der Waals surface area contributed by atoms with Crippen molar-refractivity contribution in [3.63, 3.8) is 0 Å². The summed E-state index contributed by atoms with van der Waals surface area (Å²) in [5.41, 5.74) is 2.34. The van der Waals surface area contributed by atoms with Crippen LogP contribution in [0.25, 0.3) is 0 Å². The van der Waals surface area contributed by atoms with E-state index in [9.17, 15) is 0 Å². The maximum atomic E-state index is 5.99. The van der Waals surface area contributed by atoms with E-state index in [1.165, 1.54) is 10.4 Å². The van der Waals surface area contributed by atoms with Crippen LogP contribution in [0.15, 0.2) is 33.2 Å². The lowest BCUT2D eigenvalue weighted by Crippen LogP contribution is -1.97. The Morgan fingerprint density at radius 1 is 1.24 bits per heavy atom. The Labute approximate surface area is 126 Å². The summed E-state index contributed by atoms with van der Waals surface area (Å²) in [7, 11) is 0. The normalized spacial score (nSPS) is 10.6. The van der Waals surface area contributed by atoms with Crippen molar-refractivity contribution in [1.82, 2.24) is 0 Å². The van der Waals surface area contributed by atoms with Gasteiger partial charge in [-0.3, -0.25) is 0 Å². The first kappa shape index (κ1) is 13.4. The van der Waals surface area contributed by atoms with Gasteiger partial charge in [0.25, 0.3) is 0 Å². The number of thiophene rings is 1. The molecule has 0 spiro atoms. The fraction of sp³-hybridized carbons (Fsp3) is 0.167. The highest BCUT2D eigenvalue weighted by Gasteiger charge is 2.04. The number of rotatable bonds is 3. The molecule has 0 aliphatic rings. The Morgan fingerprint density at radius 2 is 2.00 bits per heavy atom. The molecule has 0 aliphatic heterocycles. The molecule has 5 heteroatoms. The predicted molar refractivity (Wildman–Crippen MR) is 83.2 cm³/mol. The highest BCUT2D eigenvalue weighted by Crippen LogP contribution is 2.32. The predicted octanol–water partition coefficient (Wildman–Crippen LogP) is 5.85. The number of nitrogens with one attached hydrogen (secondary N) is 1. The number of anilines is 1. The van der Waals surface area contributed by atoms with Crippen LogP contribution in [0.3, 0.4) is 0 Å². The quantitative estimate of drug-likeness (QED) is 0.688. The van der Waals surface area contributed by atoms with Gasteiger partial charge in [0, 0.05) is 26.1 Å². The highest BCUT2D eigenvalue weighted by molar-refractivity contribution is 9.10. The van der Waals surface area contributed by atoms with Gasteiger partial charge in [-0.1, -0.05) is 27.5 Å². The second-order valence-corrected chi connectivity index (χ2v) is 7.10. The first-order chi connectivity index (χ1) is 8.06. The van der Waals surface area contributed by atoms with E-state index in [-0.39, 0.29) is 0 Å². The molecule has 0 aliphatic carbocycles. The van der Waals surface area contributed by atoms with E-state index in [2.05, 4.69) is 62.3 Å². The maximum Gasteiger partial charge on any atom is 0.107 e. The molecule has 1 heterocycles. The lowest BCUT2D eigenvalue weighted by molar-refractivity contribution is 1.19. The van der Waals surface area contributed by atoms with E-state index in [1.807, 2.05) is 6.07 Å². The van der Waals surface area contributed by atoms with Gasteiger partial charge < -0.3 is 5.32 Å². The van der Waals surface area contributed by atoms with E-state index < -0.39 is 0 Å². The third-order valence-corrected chi connectivity index (χ3v) is 5.69. The van der Waals surface area contributed by atoms with Gasteiger partial charge in [-0.25, -0.2) is 0 Å². The SMILES string of the molecule is Cc1cc(NCc2cc(Br)c(Cl)s2)ccc1Br. The first-order valence-corrected chi connectivity index (χ1v) is 7.78. The van der Waals surface area contributed by atoms with E-state index in [1.54, 1.807) is 11.3 Å². The van der Waals surface area contributed by atoms with E-state index >= 15 is 0 Å². The first-order valence-electron chi connectivity index (χ1n) is 5.00. The monoisotopic (exact) mass is 393 g/mol. The number of hydrogen-bond acceptors (Lipinski definition) is 2. The molecule has 0 saturated carbocycles. The zero-order chi connectivity index (χ0) is 12.4. The molecule has 90 valence electrons. The topological polar surface area (TPSA) is 12.0 Å². The average Bonchev–Trinajstić information content (AvgIpc) is 2.60. The van der Waals surface area contributed by atoms with Crippen molar-refractivity contribution in [1.29, 1.82) is 0 Å². The molecule has 1 nitrogen and oxygen atoms in total. The molecule has 2 rings (SSSR count). The second-order valence-electron chi connectivity index (χ2n) is 3.65. The Bertz CT molecular complexity index is 520. The van der Waals surface area contributed by atoms with E-state index in [4.69, 9.17) is 11.6 Å². The van der Waals surface area contributed by atoms with Gasteiger partial charge >= 0.3 is 0 Å². The van der Waals surface area contributed by atoms with Gasteiger partial charge in [-0.15, -0.1) is 11.3 Å². The molecule has 0 amide bonds. The maximum absolute atomic E-state index is 5.99. The molecule has 0 unspecified atom stereocenters. The summed E-state index contributed by atoms with van der Waals surface area (Å²) in [4.78, 5) is 1.21. The summed E-state index contributed by atoms with van der Waals surface area (Å²) < 4.78 is 2.90. The summed E-state index contributed by atoms with van der Waals surface area (Å²) in [6.07, 6.45) is 0. The second kappa shape index (κ2) is 5.74. The van der Waals surface area contributed by atoms with Crippen LogP contribution in [0, 0.1) is 6.92 Å². The van der Waals surface area contributed by atoms with Crippen molar-refractivity contribution < 1.29 is 0 Å². The van der Waals surface area contributed by atoms with Crippen LogP contribution in [0.2, 0.25) is 4.34 Å². The van der Waals surface area contributed by atoms with Crippen LogP contribution in [0.1, 0.15) is 10.4 Å². The Balaban J connectivity index is 2.04.